The second-order valence-electron chi connectivity index (χ2n) is 7.13. The van der Waals surface area contributed by atoms with Crippen LogP contribution in [0.1, 0.15) is 58.9 Å². The maximum atomic E-state index is 11.4. The predicted octanol–water partition coefficient (Wildman–Crippen LogP) is 2.82. The summed E-state index contributed by atoms with van der Waals surface area (Å²) < 4.78 is 27.9. The summed E-state index contributed by atoms with van der Waals surface area (Å²) in [6, 6.07) is 9.84. The first kappa shape index (κ1) is 35.0. The van der Waals surface area contributed by atoms with Crippen molar-refractivity contribution in [3.05, 3.63) is 35.9 Å². The van der Waals surface area contributed by atoms with Gasteiger partial charge in [0.15, 0.2) is 12.2 Å². The van der Waals surface area contributed by atoms with Crippen molar-refractivity contribution in [2.75, 3.05) is 6.61 Å². The van der Waals surface area contributed by atoms with E-state index in [4.69, 9.17) is 22.6 Å². The number of hydrogen-bond donors (Lipinski definition) is 1. The van der Waals surface area contributed by atoms with Gasteiger partial charge in [-0.15, -0.1) is 0 Å². The molecule has 2 saturated heterocycles. The predicted molar refractivity (Wildman–Crippen MR) is 114 cm³/mol. The van der Waals surface area contributed by atoms with Gasteiger partial charge in [0.1, 0.15) is 12.2 Å². The molecule has 1 aromatic rings. The van der Waals surface area contributed by atoms with Crippen LogP contribution < -0.4 is 0 Å². The van der Waals surface area contributed by atoms with Crippen LogP contribution in [0.25, 0.3) is 0 Å². The summed E-state index contributed by atoms with van der Waals surface area (Å²) in [7, 11) is 0. The Morgan fingerprint density at radius 2 is 1.53 bits per heavy atom. The van der Waals surface area contributed by atoms with Crippen molar-refractivity contribution < 1.29 is 85.1 Å². The summed E-state index contributed by atoms with van der Waals surface area (Å²) in [6.07, 6.45) is 1.54. The third kappa shape index (κ3) is 15.0. The Kier molecular flexibility index (Phi) is 21.8. The van der Waals surface area contributed by atoms with E-state index in [0.717, 1.165) is 18.4 Å². The topological polar surface area (TPSA) is 125 Å². The van der Waals surface area contributed by atoms with E-state index in [1.807, 2.05) is 44.2 Å². The van der Waals surface area contributed by atoms with E-state index in [1.165, 1.54) is 6.92 Å². The van der Waals surface area contributed by atoms with Crippen LogP contribution in [0.15, 0.2) is 30.3 Å². The van der Waals surface area contributed by atoms with Crippen molar-refractivity contribution in [3.8, 4) is 0 Å². The number of carbonyl (C=O) groups excluding carboxylic acids is 3. The first-order chi connectivity index (χ1) is 15.8. The minimum absolute atomic E-state index is 0. The Bertz CT molecular complexity index is 703. The SMILES string of the molecule is CCOC(C)=O.CC[C@@H]1C[C@@H](O)C(=O)O1.CC[C@@H]1C[C@@H](OCc2ccccc2)C(=O)O1.[Ag].[O]=[Ag]. The first-order valence-electron chi connectivity index (χ1n) is 10.8. The summed E-state index contributed by atoms with van der Waals surface area (Å²) in [5.41, 5.74) is 1.08. The van der Waals surface area contributed by atoms with E-state index in [-0.39, 0.29) is 52.6 Å². The molecular formula is C23H34Ag2O9. The van der Waals surface area contributed by atoms with E-state index in [9.17, 15) is 14.4 Å². The molecular weight excluding hydrogens is 636 g/mol. The minimum atomic E-state index is -0.866. The Hall–Kier alpha value is -1.17. The zero-order valence-electron chi connectivity index (χ0n) is 19.8. The van der Waals surface area contributed by atoms with Gasteiger partial charge in [-0.25, -0.2) is 9.59 Å². The van der Waals surface area contributed by atoms with Gasteiger partial charge >= 0.3 is 42.2 Å². The molecule has 3 rings (SSSR count). The van der Waals surface area contributed by atoms with Gasteiger partial charge in [0.2, 0.25) is 0 Å². The summed E-state index contributed by atoms with van der Waals surface area (Å²) in [5.74, 6) is -0.901. The van der Waals surface area contributed by atoms with Crippen molar-refractivity contribution >= 4 is 17.9 Å². The maximum absolute atomic E-state index is 11.4. The second kappa shape index (κ2) is 21.1. The molecule has 0 spiro atoms. The standard InChI is InChI=1S/C13H16O3.C6H10O3.C4H8O2.2Ag.O/c1-2-11-8-12(13(14)16-11)15-9-10-6-4-3-5-7-10;1-2-4-3-5(7)6(8)9-4;1-3-6-4(2)5;;;/h3-7,11-12H,2,8-9H2,1H3;4-5,7H,2-3H2,1H3;3H2,1-2H3;;;/t11-,12-;4-,5-;;;;/m11..../s1. The van der Waals surface area contributed by atoms with Gasteiger partial charge in [-0.1, -0.05) is 44.2 Å². The third-order valence-corrected chi connectivity index (χ3v) is 4.62. The van der Waals surface area contributed by atoms with E-state index in [1.54, 1.807) is 28.0 Å². The number of esters is 3. The average molecular weight is 670 g/mol. The third-order valence-electron chi connectivity index (χ3n) is 4.62. The van der Waals surface area contributed by atoms with Gasteiger partial charge in [0, 0.05) is 42.1 Å². The molecule has 0 unspecified atom stereocenters. The van der Waals surface area contributed by atoms with Crippen molar-refractivity contribution in [2.45, 2.75) is 84.4 Å². The molecule has 202 valence electrons. The number of benzene rings is 1. The van der Waals surface area contributed by atoms with Crippen LogP contribution in [-0.4, -0.2) is 54.0 Å². The number of aliphatic hydroxyl groups is 1. The van der Waals surface area contributed by atoms with Crippen molar-refractivity contribution in [2.24, 2.45) is 0 Å². The second-order valence-corrected chi connectivity index (χ2v) is 7.13. The zero-order chi connectivity index (χ0) is 25.2. The Balaban J connectivity index is 0. The van der Waals surface area contributed by atoms with E-state index < -0.39 is 12.1 Å². The van der Waals surface area contributed by atoms with Crippen LogP contribution in [0.3, 0.4) is 0 Å². The van der Waals surface area contributed by atoms with E-state index in [2.05, 4.69) is 4.74 Å². The molecule has 2 aliphatic rings. The average Bonchev–Trinajstić information content (AvgIpc) is 3.35. The van der Waals surface area contributed by atoms with Crippen LogP contribution in [0, 0.1) is 0 Å². The Morgan fingerprint density at radius 3 is 1.88 bits per heavy atom. The van der Waals surface area contributed by atoms with Gasteiger partial charge in [0.25, 0.3) is 0 Å². The monoisotopic (exact) mass is 668 g/mol. The van der Waals surface area contributed by atoms with Crippen LogP contribution in [0.2, 0.25) is 0 Å². The van der Waals surface area contributed by atoms with Gasteiger partial charge in [-0.05, 0) is 25.3 Å². The van der Waals surface area contributed by atoms with Gasteiger partial charge in [0.05, 0.1) is 13.2 Å². The zero-order valence-corrected chi connectivity index (χ0v) is 22.7. The molecule has 0 aliphatic carbocycles. The first-order valence-corrected chi connectivity index (χ1v) is 11.4. The molecule has 0 bridgehead atoms. The fourth-order valence-electron chi connectivity index (χ4n) is 2.87. The molecule has 1 radical (unpaired) electrons. The van der Waals surface area contributed by atoms with Crippen molar-refractivity contribution in [3.63, 3.8) is 0 Å². The molecule has 2 heterocycles. The molecule has 2 aliphatic heterocycles. The summed E-state index contributed by atoms with van der Waals surface area (Å²) in [5, 5.41) is 8.82. The molecule has 2 fully saturated rings. The van der Waals surface area contributed by atoms with Crippen LogP contribution in [-0.2, 0) is 86.6 Å². The number of hydrogen-bond acceptors (Lipinski definition) is 9. The molecule has 9 nitrogen and oxygen atoms in total. The molecule has 1 N–H and O–H groups in total. The van der Waals surface area contributed by atoms with Crippen LogP contribution in [0.5, 0.6) is 0 Å². The molecule has 0 amide bonds. The number of rotatable bonds is 6. The van der Waals surface area contributed by atoms with Gasteiger partial charge in [-0.3, -0.25) is 4.79 Å². The number of ether oxygens (including phenoxy) is 4. The molecule has 11 heteroatoms. The number of cyclic esters (lactones) is 2. The van der Waals surface area contributed by atoms with Crippen LogP contribution >= 0.6 is 0 Å². The molecule has 0 saturated carbocycles. The van der Waals surface area contributed by atoms with Crippen molar-refractivity contribution in [1.82, 2.24) is 0 Å². The fourth-order valence-corrected chi connectivity index (χ4v) is 2.87. The summed E-state index contributed by atoms with van der Waals surface area (Å²) in [4.78, 5) is 31.7. The normalized spacial score (nSPS) is 22.2. The summed E-state index contributed by atoms with van der Waals surface area (Å²) in [6.45, 7) is 8.06. The Labute approximate surface area is 229 Å². The Morgan fingerprint density at radius 1 is 1.00 bits per heavy atom. The van der Waals surface area contributed by atoms with Gasteiger partial charge < -0.3 is 24.1 Å². The van der Waals surface area contributed by atoms with E-state index in [0.29, 0.717) is 26.1 Å². The van der Waals surface area contributed by atoms with Crippen molar-refractivity contribution in [1.29, 1.82) is 0 Å². The quantitative estimate of drug-likeness (QED) is 0.277. The fraction of sp³-hybridized carbons (Fsp3) is 0.609. The summed E-state index contributed by atoms with van der Waals surface area (Å²) >= 11 is 1.70. The molecule has 0 aromatic heterocycles. The molecule has 34 heavy (non-hydrogen) atoms. The number of aliphatic hydroxyl groups excluding tert-OH is 1. The molecule has 4 atom stereocenters. The number of carbonyl (C=O) groups is 3. The van der Waals surface area contributed by atoms with Crippen LogP contribution in [0.4, 0.5) is 0 Å². The van der Waals surface area contributed by atoms with Gasteiger partial charge in [-0.2, -0.15) is 0 Å². The van der Waals surface area contributed by atoms with E-state index >= 15 is 0 Å². The molecule has 1 aromatic carbocycles.